The maximum Gasteiger partial charge on any atom is 0.310 e. The Balaban J connectivity index is 2.56. The first-order valence-electron chi connectivity index (χ1n) is 5.14. The van der Waals surface area contributed by atoms with Gasteiger partial charge in [-0.1, -0.05) is 0 Å². The summed E-state index contributed by atoms with van der Waals surface area (Å²) in [4.78, 5) is 25.6. The summed E-state index contributed by atoms with van der Waals surface area (Å²) in [6, 6.07) is -0.221. The number of amides is 1. The van der Waals surface area contributed by atoms with Crippen LogP contribution in [0.15, 0.2) is 0 Å². The predicted octanol–water partition coefficient (Wildman–Crippen LogP) is -0.894. The van der Waals surface area contributed by atoms with E-state index < -0.39 is 11.9 Å². The summed E-state index contributed by atoms with van der Waals surface area (Å²) in [7, 11) is 5.10. The molecule has 1 fully saturated rings. The van der Waals surface area contributed by atoms with E-state index >= 15 is 0 Å². The predicted molar refractivity (Wildman–Crippen MR) is 57.1 cm³/mol. The second-order valence-electron chi connectivity index (χ2n) is 4.25. The number of ether oxygens (including phenoxy) is 1. The van der Waals surface area contributed by atoms with Crippen LogP contribution in [0.3, 0.4) is 0 Å². The van der Waals surface area contributed by atoms with Crippen LogP contribution < -0.4 is 0 Å². The van der Waals surface area contributed by atoms with Crippen molar-refractivity contribution in [2.75, 3.05) is 40.9 Å². The highest BCUT2D eigenvalue weighted by Crippen LogP contribution is 2.18. The van der Waals surface area contributed by atoms with Gasteiger partial charge in [-0.25, -0.2) is 0 Å². The minimum Gasteiger partial charge on any atom is -0.481 e. The largest absolute Gasteiger partial charge is 0.481 e. The lowest BCUT2D eigenvalue weighted by Crippen LogP contribution is -2.45. The second kappa shape index (κ2) is 5.27. The van der Waals surface area contributed by atoms with Gasteiger partial charge in [0.25, 0.3) is 0 Å². The number of aliphatic carboxylic acids is 1. The van der Waals surface area contributed by atoms with Crippen LogP contribution >= 0.6 is 0 Å². The minimum atomic E-state index is -0.869. The van der Waals surface area contributed by atoms with Crippen LogP contribution in [0.5, 0.6) is 0 Å². The van der Waals surface area contributed by atoms with Gasteiger partial charge < -0.3 is 14.7 Å². The Labute approximate surface area is 94.8 Å². The number of carboxylic acid groups (broad SMARTS) is 1. The van der Waals surface area contributed by atoms with Gasteiger partial charge in [0.05, 0.1) is 25.7 Å². The summed E-state index contributed by atoms with van der Waals surface area (Å²) in [5, 5.41) is 8.97. The summed E-state index contributed by atoms with van der Waals surface area (Å²) in [5.41, 5.74) is 0. The average molecular weight is 230 g/mol. The van der Waals surface area contributed by atoms with Crippen molar-refractivity contribution in [2.45, 2.75) is 6.04 Å². The topological polar surface area (TPSA) is 70.1 Å². The molecular formula is C10H18N2O4. The molecule has 1 rings (SSSR count). The number of nitrogens with zero attached hydrogens (tertiary/aromatic N) is 2. The number of hydrogen-bond donors (Lipinski definition) is 1. The molecule has 0 bridgehead atoms. The summed E-state index contributed by atoms with van der Waals surface area (Å²) in [5.74, 6) is -1.45. The molecule has 2 atom stereocenters. The third kappa shape index (κ3) is 2.93. The van der Waals surface area contributed by atoms with E-state index in [1.807, 2.05) is 0 Å². The first-order chi connectivity index (χ1) is 7.43. The molecule has 1 amide bonds. The van der Waals surface area contributed by atoms with E-state index in [1.54, 1.807) is 26.0 Å². The van der Waals surface area contributed by atoms with Crippen molar-refractivity contribution in [1.82, 2.24) is 9.80 Å². The molecule has 6 nitrogen and oxygen atoms in total. The lowest BCUT2D eigenvalue weighted by atomic mass is 10.0. The molecule has 1 heterocycles. The number of carboxylic acids is 1. The molecule has 2 unspecified atom stereocenters. The lowest BCUT2D eigenvalue weighted by Gasteiger charge is -2.26. The van der Waals surface area contributed by atoms with E-state index in [9.17, 15) is 9.59 Å². The van der Waals surface area contributed by atoms with Crippen molar-refractivity contribution in [3.05, 3.63) is 0 Å². The molecule has 0 spiro atoms. The van der Waals surface area contributed by atoms with Gasteiger partial charge in [-0.2, -0.15) is 0 Å². The number of rotatable bonds is 4. The van der Waals surface area contributed by atoms with Gasteiger partial charge in [0.2, 0.25) is 5.91 Å². The van der Waals surface area contributed by atoms with E-state index in [0.29, 0.717) is 6.61 Å². The van der Waals surface area contributed by atoms with Crippen LogP contribution in [0.1, 0.15) is 0 Å². The van der Waals surface area contributed by atoms with Gasteiger partial charge in [0.1, 0.15) is 0 Å². The fourth-order valence-corrected chi connectivity index (χ4v) is 1.69. The maximum absolute atomic E-state index is 11.5. The highest BCUT2D eigenvalue weighted by atomic mass is 16.5. The van der Waals surface area contributed by atoms with Crippen molar-refractivity contribution in [3.63, 3.8) is 0 Å². The van der Waals surface area contributed by atoms with E-state index in [0.717, 1.165) is 0 Å². The molecule has 0 aromatic rings. The van der Waals surface area contributed by atoms with Crippen molar-refractivity contribution in [1.29, 1.82) is 0 Å². The van der Waals surface area contributed by atoms with Crippen molar-refractivity contribution >= 4 is 11.9 Å². The summed E-state index contributed by atoms with van der Waals surface area (Å²) in [6.45, 7) is 0.805. The summed E-state index contributed by atoms with van der Waals surface area (Å²) in [6.07, 6.45) is 0. The smallest absolute Gasteiger partial charge is 0.310 e. The molecule has 0 radical (unpaired) electrons. The zero-order valence-electron chi connectivity index (χ0n) is 9.84. The molecule has 1 saturated heterocycles. The molecule has 92 valence electrons. The van der Waals surface area contributed by atoms with E-state index in [4.69, 9.17) is 9.84 Å². The molecule has 0 aromatic carbocycles. The highest BCUT2D eigenvalue weighted by molar-refractivity contribution is 5.78. The Hall–Kier alpha value is -1.14. The first-order valence-corrected chi connectivity index (χ1v) is 5.14. The third-order valence-electron chi connectivity index (χ3n) is 2.82. The van der Waals surface area contributed by atoms with Crippen molar-refractivity contribution < 1.29 is 19.4 Å². The number of likely N-dealkylation sites (N-methyl/N-ethyl adjacent to an activating group) is 2. The van der Waals surface area contributed by atoms with Crippen LogP contribution in [-0.4, -0.2) is 73.7 Å². The molecule has 0 saturated carbocycles. The Morgan fingerprint density at radius 3 is 2.44 bits per heavy atom. The molecule has 1 aliphatic heterocycles. The molecular weight excluding hydrogens is 212 g/mol. The number of carbonyl (C=O) groups excluding carboxylic acids is 1. The minimum absolute atomic E-state index is 0.0430. The zero-order valence-corrected chi connectivity index (χ0v) is 9.84. The van der Waals surface area contributed by atoms with Crippen LogP contribution in [0.2, 0.25) is 0 Å². The Morgan fingerprint density at radius 2 is 1.94 bits per heavy atom. The van der Waals surface area contributed by atoms with Gasteiger partial charge in [-0.3, -0.25) is 14.5 Å². The zero-order chi connectivity index (χ0) is 12.3. The second-order valence-corrected chi connectivity index (χ2v) is 4.25. The van der Waals surface area contributed by atoms with Crippen LogP contribution in [-0.2, 0) is 14.3 Å². The van der Waals surface area contributed by atoms with Crippen LogP contribution in [0.25, 0.3) is 0 Å². The molecule has 0 aliphatic carbocycles. The first kappa shape index (κ1) is 12.9. The SMILES string of the molecule is CN(C)C(=O)CN(C)C1COCC1C(=O)O. The normalized spacial score (nSPS) is 24.8. The van der Waals surface area contributed by atoms with Gasteiger partial charge in [0, 0.05) is 20.1 Å². The van der Waals surface area contributed by atoms with Gasteiger partial charge in [0.15, 0.2) is 0 Å². The number of carbonyl (C=O) groups is 2. The monoisotopic (exact) mass is 230 g/mol. The Bertz CT molecular complexity index is 280. The average Bonchev–Trinajstić information content (AvgIpc) is 2.65. The molecule has 1 N–H and O–H groups in total. The standard InChI is InChI=1S/C10H18N2O4/c1-11(2)9(13)4-12(3)8-6-16-5-7(8)10(14)15/h7-8H,4-6H2,1-3H3,(H,14,15). The molecule has 0 aromatic heterocycles. The fourth-order valence-electron chi connectivity index (χ4n) is 1.69. The lowest BCUT2D eigenvalue weighted by molar-refractivity contribution is -0.144. The molecule has 1 aliphatic rings. The third-order valence-corrected chi connectivity index (χ3v) is 2.82. The van der Waals surface area contributed by atoms with E-state index in [1.165, 1.54) is 4.90 Å². The molecule has 6 heteroatoms. The summed E-state index contributed by atoms with van der Waals surface area (Å²) < 4.78 is 5.15. The Kier molecular flexibility index (Phi) is 4.26. The highest BCUT2D eigenvalue weighted by Gasteiger charge is 2.37. The van der Waals surface area contributed by atoms with Crippen LogP contribution in [0, 0.1) is 5.92 Å². The van der Waals surface area contributed by atoms with E-state index in [2.05, 4.69) is 0 Å². The molecule has 16 heavy (non-hydrogen) atoms. The number of hydrogen-bond acceptors (Lipinski definition) is 4. The van der Waals surface area contributed by atoms with Gasteiger partial charge in [-0.15, -0.1) is 0 Å². The van der Waals surface area contributed by atoms with Crippen molar-refractivity contribution in [2.24, 2.45) is 5.92 Å². The van der Waals surface area contributed by atoms with Gasteiger partial charge >= 0.3 is 5.97 Å². The maximum atomic E-state index is 11.5. The fraction of sp³-hybridized carbons (Fsp3) is 0.800. The van der Waals surface area contributed by atoms with Gasteiger partial charge in [-0.05, 0) is 7.05 Å². The van der Waals surface area contributed by atoms with E-state index in [-0.39, 0.29) is 25.1 Å². The Morgan fingerprint density at radius 1 is 1.31 bits per heavy atom. The van der Waals surface area contributed by atoms with Crippen LogP contribution in [0.4, 0.5) is 0 Å². The quantitative estimate of drug-likeness (QED) is 0.678. The van der Waals surface area contributed by atoms with Crippen molar-refractivity contribution in [3.8, 4) is 0 Å². The summed E-state index contributed by atoms with van der Waals surface area (Å²) >= 11 is 0.